The molecule has 1 aromatic heterocycles. The largest absolute Gasteiger partial charge is 0.497 e. The monoisotopic (exact) mass is 402 g/mol. The van der Waals surface area contributed by atoms with Crippen LogP contribution < -0.4 is 4.74 Å². The van der Waals surface area contributed by atoms with Crippen LogP contribution in [0, 0.1) is 5.92 Å². The lowest BCUT2D eigenvalue weighted by Crippen LogP contribution is -2.47. The number of nitrogens with zero attached hydrogens (tertiary/aromatic N) is 2. The summed E-state index contributed by atoms with van der Waals surface area (Å²) >= 11 is 6.36. The Morgan fingerprint density at radius 2 is 2.07 bits per heavy atom. The molecule has 0 aliphatic carbocycles. The number of carbonyl (C=O) groups excluding carboxylic acids is 1. The van der Waals surface area contributed by atoms with Gasteiger partial charge in [-0.05, 0) is 36.3 Å². The van der Waals surface area contributed by atoms with Gasteiger partial charge in [0.2, 0.25) is 0 Å². The van der Waals surface area contributed by atoms with Crippen LogP contribution in [0.15, 0.2) is 35.2 Å². The predicted octanol–water partition coefficient (Wildman–Crippen LogP) is 3.55. The molecule has 1 aromatic carbocycles. The molecule has 0 spiro atoms. The number of hydrogen-bond acceptors (Lipinski definition) is 6. The molecule has 8 heteroatoms. The number of benzene rings is 1. The molecule has 1 unspecified atom stereocenters. The van der Waals surface area contributed by atoms with Crippen LogP contribution in [0.4, 0.5) is 0 Å². The van der Waals surface area contributed by atoms with Crippen molar-refractivity contribution >= 4 is 57.2 Å². The summed E-state index contributed by atoms with van der Waals surface area (Å²) in [4.78, 5) is 30.4. The number of aromatic nitrogens is 1. The summed E-state index contributed by atoms with van der Waals surface area (Å²) in [5.41, 5.74) is 1.37. The van der Waals surface area contributed by atoms with E-state index < -0.39 is 17.9 Å². The molecule has 1 amide bonds. The highest BCUT2D eigenvalue weighted by Gasteiger charge is 2.41. The standard InChI is InChI=1S/C19H18N2O4S2/c1-10(2)16(18(23)24)21-17(22)15(27-19(21)26)9-12-5-4-11-8-13(25-3)6-7-14(11)20-12/h4-10,16H,1-3H3,(H,23,24)/b15-9+. The molecule has 3 rings (SSSR count). The van der Waals surface area contributed by atoms with E-state index in [1.807, 2.05) is 24.3 Å². The number of carbonyl (C=O) groups is 2. The molecule has 1 aliphatic heterocycles. The summed E-state index contributed by atoms with van der Waals surface area (Å²) in [6, 6.07) is 8.25. The lowest BCUT2D eigenvalue weighted by Gasteiger charge is -2.26. The summed E-state index contributed by atoms with van der Waals surface area (Å²) in [5.74, 6) is -0.993. The molecule has 1 atom stereocenters. The van der Waals surface area contributed by atoms with Gasteiger partial charge < -0.3 is 9.84 Å². The number of carboxylic acids is 1. The molecule has 140 valence electrons. The third-order valence-electron chi connectivity index (χ3n) is 4.18. The SMILES string of the molecule is COc1ccc2nc(/C=C3/SC(=S)N(C(C(=O)O)C(C)C)C3=O)ccc2c1. The minimum Gasteiger partial charge on any atom is -0.497 e. The zero-order valence-corrected chi connectivity index (χ0v) is 16.6. The van der Waals surface area contributed by atoms with Gasteiger partial charge in [-0.25, -0.2) is 9.78 Å². The number of pyridine rings is 1. The molecule has 0 radical (unpaired) electrons. The van der Waals surface area contributed by atoms with Crippen molar-refractivity contribution in [1.82, 2.24) is 9.88 Å². The van der Waals surface area contributed by atoms with E-state index in [1.165, 1.54) is 4.90 Å². The van der Waals surface area contributed by atoms with E-state index >= 15 is 0 Å². The number of methoxy groups -OCH3 is 1. The van der Waals surface area contributed by atoms with Crippen LogP contribution in [0.1, 0.15) is 19.5 Å². The number of hydrogen-bond donors (Lipinski definition) is 1. The van der Waals surface area contributed by atoms with E-state index in [0.29, 0.717) is 10.6 Å². The number of thiocarbonyl (C=S) groups is 1. The van der Waals surface area contributed by atoms with Crippen LogP contribution in [-0.4, -0.2) is 44.3 Å². The highest BCUT2D eigenvalue weighted by atomic mass is 32.2. The Morgan fingerprint density at radius 3 is 2.70 bits per heavy atom. The van der Waals surface area contributed by atoms with Gasteiger partial charge in [0.1, 0.15) is 16.1 Å². The molecular weight excluding hydrogens is 384 g/mol. The Hall–Kier alpha value is -2.45. The normalized spacial score (nSPS) is 17.2. The number of carboxylic acid groups (broad SMARTS) is 1. The predicted molar refractivity (Wildman–Crippen MR) is 110 cm³/mol. The average Bonchev–Trinajstić information content (AvgIpc) is 2.88. The van der Waals surface area contributed by atoms with E-state index in [0.717, 1.165) is 28.4 Å². The summed E-state index contributed by atoms with van der Waals surface area (Å²) in [6.07, 6.45) is 1.64. The molecule has 6 nitrogen and oxygen atoms in total. The Bertz CT molecular complexity index is 971. The molecule has 0 saturated carbocycles. The fraction of sp³-hybridized carbons (Fsp3) is 0.263. The molecule has 2 aromatic rings. The van der Waals surface area contributed by atoms with Gasteiger partial charge in [-0.15, -0.1) is 0 Å². The van der Waals surface area contributed by atoms with Crippen LogP contribution in [0.5, 0.6) is 5.75 Å². The van der Waals surface area contributed by atoms with Crippen LogP contribution in [0.2, 0.25) is 0 Å². The fourth-order valence-corrected chi connectivity index (χ4v) is 4.19. The van der Waals surface area contributed by atoms with Crippen molar-refractivity contribution in [2.24, 2.45) is 5.92 Å². The summed E-state index contributed by atoms with van der Waals surface area (Å²) in [7, 11) is 1.60. The first-order valence-electron chi connectivity index (χ1n) is 8.26. The fourth-order valence-electron chi connectivity index (χ4n) is 2.87. The number of ether oxygens (including phenoxy) is 1. The van der Waals surface area contributed by atoms with Gasteiger partial charge >= 0.3 is 5.97 Å². The minimum absolute atomic E-state index is 0.248. The maximum absolute atomic E-state index is 12.8. The van der Waals surface area contributed by atoms with Crippen molar-refractivity contribution in [3.8, 4) is 5.75 Å². The number of amides is 1. The van der Waals surface area contributed by atoms with E-state index in [1.54, 1.807) is 33.1 Å². The van der Waals surface area contributed by atoms with Gasteiger partial charge in [0.25, 0.3) is 5.91 Å². The molecule has 0 bridgehead atoms. The average molecular weight is 402 g/mol. The van der Waals surface area contributed by atoms with Crippen molar-refractivity contribution in [1.29, 1.82) is 0 Å². The van der Waals surface area contributed by atoms with Crippen molar-refractivity contribution < 1.29 is 19.4 Å². The van der Waals surface area contributed by atoms with Crippen LogP contribution >= 0.6 is 24.0 Å². The highest BCUT2D eigenvalue weighted by Crippen LogP contribution is 2.35. The van der Waals surface area contributed by atoms with E-state index in [4.69, 9.17) is 17.0 Å². The van der Waals surface area contributed by atoms with Crippen LogP contribution in [-0.2, 0) is 9.59 Å². The first-order valence-corrected chi connectivity index (χ1v) is 9.49. The van der Waals surface area contributed by atoms with Gasteiger partial charge in [0.15, 0.2) is 0 Å². The third kappa shape index (κ3) is 3.81. The first-order chi connectivity index (χ1) is 12.8. The van der Waals surface area contributed by atoms with E-state index in [9.17, 15) is 14.7 Å². The smallest absolute Gasteiger partial charge is 0.327 e. The van der Waals surface area contributed by atoms with Gasteiger partial charge in [0, 0.05) is 5.39 Å². The second-order valence-corrected chi connectivity index (χ2v) is 8.05. The number of rotatable bonds is 5. The summed E-state index contributed by atoms with van der Waals surface area (Å²) in [6.45, 7) is 3.50. The molecule has 2 heterocycles. The van der Waals surface area contributed by atoms with Gasteiger partial charge in [-0.3, -0.25) is 9.69 Å². The summed E-state index contributed by atoms with van der Waals surface area (Å²) in [5, 5.41) is 10.4. The minimum atomic E-state index is -1.07. The molecular formula is C19H18N2O4S2. The lowest BCUT2D eigenvalue weighted by atomic mass is 10.0. The van der Waals surface area contributed by atoms with Crippen molar-refractivity contribution in [2.75, 3.05) is 7.11 Å². The van der Waals surface area contributed by atoms with Crippen molar-refractivity contribution in [3.05, 3.63) is 40.9 Å². The second kappa shape index (κ2) is 7.66. The van der Waals surface area contributed by atoms with Crippen molar-refractivity contribution in [2.45, 2.75) is 19.9 Å². The first kappa shape index (κ1) is 19.3. The van der Waals surface area contributed by atoms with Crippen LogP contribution in [0.3, 0.4) is 0 Å². The Balaban J connectivity index is 1.93. The number of fused-ring (bicyclic) bond motifs is 1. The maximum Gasteiger partial charge on any atom is 0.327 e. The second-order valence-electron chi connectivity index (χ2n) is 6.37. The number of thioether (sulfide) groups is 1. The van der Waals surface area contributed by atoms with Crippen molar-refractivity contribution in [3.63, 3.8) is 0 Å². The molecule has 1 saturated heterocycles. The van der Waals surface area contributed by atoms with Crippen LogP contribution in [0.25, 0.3) is 17.0 Å². The quantitative estimate of drug-likeness (QED) is 0.605. The summed E-state index contributed by atoms with van der Waals surface area (Å²) < 4.78 is 5.45. The maximum atomic E-state index is 12.8. The molecule has 1 fully saturated rings. The van der Waals surface area contributed by atoms with Gasteiger partial charge in [0.05, 0.1) is 23.2 Å². The van der Waals surface area contributed by atoms with E-state index in [-0.39, 0.29) is 10.2 Å². The molecule has 1 N–H and O–H groups in total. The molecule has 27 heavy (non-hydrogen) atoms. The topological polar surface area (TPSA) is 79.7 Å². The Kier molecular flexibility index (Phi) is 5.48. The zero-order valence-electron chi connectivity index (χ0n) is 15.0. The van der Waals surface area contributed by atoms with Gasteiger partial charge in [-0.1, -0.05) is 43.9 Å². The number of aliphatic carboxylic acids is 1. The lowest BCUT2D eigenvalue weighted by molar-refractivity contribution is -0.146. The Labute approximate surface area is 166 Å². The zero-order chi connectivity index (χ0) is 19.7. The molecule has 1 aliphatic rings. The third-order valence-corrected chi connectivity index (χ3v) is 5.51. The van der Waals surface area contributed by atoms with E-state index in [2.05, 4.69) is 4.98 Å². The highest BCUT2D eigenvalue weighted by molar-refractivity contribution is 8.26. The van der Waals surface area contributed by atoms with Gasteiger partial charge in [-0.2, -0.15) is 0 Å². The Morgan fingerprint density at radius 1 is 1.33 bits per heavy atom.